The van der Waals surface area contributed by atoms with Crippen LogP contribution in [0.1, 0.15) is 58.8 Å². The van der Waals surface area contributed by atoms with Gasteiger partial charge < -0.3 is 19.7 Å². The Labute approximate surface area is 253 Å². The average molecular weight is 606 g/mol. The molecule has 1 amide bonds. The Kier molecular flexibility index (Phi) is 9.25. The number of amides is 1. The summed E-state index contributed by atoms with van der Waals surface area (Å²) < 4.78 is 11.9. The van der Waals surface area contributed by atoms with E-state index < -0.39 is 0 Å². The van der Waals surface area contributed by atoms with Crippen molar-refractivity contribution in [3.8, 4) is 5.75 Å². The first-order chi connectivity index (χ1) is 19.7. The standard InChI is InChI=1S/C32H42Cl2N2O5/c1-31-12-15-35-28(38)19-21(31)3-8-24-25-9-10-27(32(25,2)20-26(37)30(24)31)41-29(39)11-18-40-23-6-4-22(5-7-23)36(16-13-33)17-14-34/h4-7,19,24-25,27,30H,3,8-18,20H2,1-2H3,(H,35,38)/t24?,25-,27-,30+,31?,32?/m0/s1. The molecule has 1 aromatic carbocycles. The minimum atomic E-state index is -0.348. The summed E-state index contributed by atoms with van der Waals surface area (Å²) in [6, 6.07) is 7.70. The topological polar surface area (TPSA) is 84.9 Å². The third-order valence-corrected chi connectivity index (χ3v) is 10.7. The van der Waals surface area contributed by atoms with E-state index in [2.05, 4.69) is 24.1 Å². The molecule has 1 N–H and O–H groups in total. The summed E-state index contributed by atoms with van der Waals surface area (Å²) in [5.74, 6) is 2.19. The zero-order valence-corrected chi connectivity index (χ0v) is 25.6. The molecule has 0 radical (unpaired) electrons. The van der Waals surface area contributed by atoms with Gasteiger partial charge in [0.2, 0.25) is 5.91 Å². The van der Waals surface area contributed by atoms with Crippen molar-refractivity contribution >= 4 is 46.5 Å². The van der Waals surface area contributed by atoms with Gasteiger partial charge in [-0.1, -0.05) is 19.4 Å². The average Bonchev–Trinajstić information content (AvgIpc) is 3.16. The molecular weight excluding hydrogens is 563 g/mol. The van der Waals surface area contributed by atoms with Crippen LogP contribution in [-0.2, 0) is 19.1 Å². The van der Waals surface area contributed by atoms with Gasteiger partial charge in [0.15, 0.2) is 0 Å². The highest BCUT2D eigenvalue weighted by molar-refractivity contribution is 6.18. The van der Waals surface area contributed by atoms with Gasteiger partial charge in [-0.2, -0.15) is 0 Å². The molecule has 6 atom stereocenters. The van der Waals surface area contributed by atoms with Gasteiger partial charge in [0.05, 0.1) is 13.0 Å². The van der Waals surface area contributed by atoms with E-state index in [1.165, 1.54) is 0 Å². The first kappa shape index (κ1) is 30.2. The molecule has 5 rings (SSSR count). The summed E-state index contributed by atoms with van der Waals surface area (Å²) >= 11 is 11.8. The molecule has 0 bridgehead atoms. The number of ether oxygens (including phenoxy) is 2. The number of halogens is 2. The second-order valence-electron chi connectivity index (χ2n) is 12.6. The smallest absolute Gasteiger partial charge is 0.309 e. The van der Waals surface area contributed by atoms with Crippen LogP contribution in [0.15, 0.2) is 35.9 Å². The maximum Gasteiger partial charge on any atom is 0.309 e. The number of ketones is 1. The number of anilines is 1. The molecule has 224 valence electrons. The van der Waals surface area contributed by atoms with Crippen LogP contribution >= 0.6 is 23.2 Å². The molecule has 0 spiro atoms. The number of nitrogens with zero attached hydrogens (tertiary/aromatic N) is 1. The molecule has 1 heterocycles. The van der Waals surface area contributed by atoms with Crippen molar-refractivity contribution in [2.24, 2.45) is 28.6 Å². The number of Topliss-reactive ketones (excluding diaryl/α,β-unsaturated/α-hetero) is 1. The Morgan fingerprint density at radius 1 is 1.07 bits per heavy atom. The van der Waals surface area contributed by atoms with Crippen LogP contribution < -0.4 is 15.0 Å². The number of allylic oxidation sites excluding steroid dienone is 1. The maximum absolute atomic E-state index is 13.8. The van der Waals surface area contributed by atoms with E-state index >= 15 is 0 Å². The Bertz CT molecular complexity index is 1170. The maximum atomic E-state index is 13.8. The number of benzene rings is 1. The van der Waals surface area contributed by atoms with Crippen LogP contribution in [0.3, 0.4) is 0 Å². The van der Waals surface area contributed by atoms with Crippen molar-refractivity contribution in [1.29, 1.82) is 0 Å². The van der Waals surface area contributed by atoms with Gasteiger partial charge in [-0.15, -0.1) is 23.2 Å². The molecule has 41 heavy (non-hydrogen) atoms. The SMILES string of the molecule is CC12CCNC(=O)C=C1CCC1[C@@H]2C(=O)CC2(C)[C@@H](OC(=O)CCOc3ccc(N(CCCl)CCCl)cc3)CC[C@@H]12. The summed E-state index contributed by atoms with van der Waals surface area (Å²) in [7, 11) is 0. The monoisotopic (exact) mass is 604 g/mol. The van der Waals surface area contributed by atoms with E-state index in [9.17, 15) is 14.4 Å². The molecule has 4 aliphatic rings. The van der Waals surface area contributed by atoms with Gasteiger partial charge in [-0.25, -0.2) is 0 Å². The molecule has 7 nitrogen and oxygen atoms in total. The van der Waals surface area contributed by atoms with Crippen LogP contribution in [0.5, 0.6) is 5.75 Å². The summed E-state index contributed by atoms with van der Waals surface area (Å²) in [6.45, 7) is 6.58. The fourth-order valence-electron chi connectivity index (χ4n) is 8.34. The number of hydrogen-bond donors (Lipinski definition) is 1. The van der Waals surface area contributed by atoms with Gasteiger partial charge in [0.25, 0.3) is 0 Å². The fraction of sp³-hybridized carbons (Fsp3) is 0.656. The van der Waals surface area contributed by atoms with Gasteiger partial charge in [-0.3, -0.25) is 14.4 Å². The lowest BCUT2D eigenvalue weighted by Crippen LogP contribution is -2.55. The predicted molar refractivity (Wildman–Crippen MR) is 161 cm³/mol. The zero-order chi connectivity index (χ0) is 29.2. The molecule has 1 aromatic rings. The van der Waals surface area contributed by atoms with E-state index in [4.69, 9.17) is 32.7 Å². The minimum Gasteiger partial charge on any atom is -0.493 e. The summed E-state index contributed by atoms with van der Waals surface area (Å²) in [5.41, 5.74) is 1.52. The molecule has 3 fully saturated rings. The highest BCUT2D eigenvalue weighted by Crippen LogP contribution is 2.64. The van der Waals surface area contributed by atoms with E-state index in [0.717, 1.165) is 43.4 Å². The van der Waals surface area contributed by atoms with Gasteiger partial charge in [0, 0.05) is 66.3 Å². The van der Waals surface area contributed by atoms with Crippen LogP contribution in [0, 0.1) is 28.6 Å². The first-order valence-electron chi connectivity index (χ1n) is 15.0. The van der Waals surface area contributed by atoms with Crippen molar-refractivity contribution in [2.75, 3.05) is 42.9 Å². The lowest BCUT2D eigenvalue weighted by molar-refractivity contribution is -0.165. The van der Waals surface area contributed by atoms with Gasteiger partial charge in [-0.05, 0) is 68.2 Å². The van der Waals surface area contributed by atoms with Crippen molar-refractivity contribution in [3.05, 3.63) is 35.9 Å². The van der Waals surface area contributed by atoms with Crippen molar-refractivity contribution in [1.82, 2.24) is 5.32 Å². The fourth-order valence-corrected chi connectivity index (χ4v) is 8.74. The number of nitrogens with one attached hydrogen (secondary N) is 1. The molecule has 0 saturated heterocycles. The summed E-state index contributed by atoms with van der Waals surface area (Å²) in [5, 5.41) is 2.96. The number of fused-ring (bicyclic) bond motifs is 5. The number of alkyl halides is 2. The lowest BCUT2D eigenvalue weighted by atomic mass is 9.48. The molecule has 1 aliphatic heterocycles. The molecule has 0 aromatic heterocycles. The number of hydrogen-bond acceptors (Lipinski definition) is 6. The van der Waals surface area contributed by atoms with Crippen LogP contribution in [-0.4, -0.2) is 61.8 Å². The zero-order valence-electron chi connectivity index (χ0n) is 24.1. The quantitative estimate of drug-likeness (QED) is 0.280. The first-order valence-corrected chi connectivity index (χ1v) is 16.1. The number of carbonyl (C=O) groups is 3. The Hall–Kier alpha value is -2.25. The van der Waals surface area contributed by atoms with Crippen LogP contribution in [0.2, 0.25) is 0 Å². The third kappa shape index (κ3) is 5.99. The molecular formula is C32H42Cl2N2O5. The number of esters is 1. The van der Waals surface area contributed by atoms with Gasteiger partial charge in [0.1, 0.15) is 17.6 Å². The molecule has 3 unspecified atom stereocenters. The second kappa shape index (κ2) is 12.5. The highest BCUT2D eigenvalue weighted by Gasteiger charge is 2.62. The predicted octanol–water partition coefficient (Wildman–Crippen LogP) is 5.52. The van der Waals surface area contributed by atoms with Crippen LogP contribution in [0.25, 0.3) is 0 Å². The Morgan fingerprint density at radius 2 is 1.80 bits per heavy atom. The van der Waals surface area contributed by atoms with E-state index in [0.29, 0.717) is 49.5 Å². The third-order valence-electron chi connectivity index (χ3n) is 10.3. The van der Waals surface area contributed by atoms with Gasteiger partial charge >= 0.3 is 5.97 Å². The Morgan fingerprint density at radius 3 is 2.51 bits per heavy atom. The Balaban J connectivity index is 1.17. The largest absolute Gasteiger partial charge is 0.493 e. The van der Waals surface area contributed by atoms with Crippen molar-refractivity contribution in [2.45, 2.75) is 64.9 Å². The summed E-state index contributed by atoms with van der Waals surface area (Å²) in [4.78, 5) is 41.0. The normalized spacial score (nSPS) is 32.5. The minimum absolute atomic E-state index is 0.0414. The molecule has 9 heteroatoms. The number of carbonyl (C=O) groups excluding carboxylic acids is 3. The summed E-state index contributed by atoms with van der Waals surface area (Å²) in [6.07, 6.45) is 6.36. The number of rotatable bonds is 10. The van der Waals surface area contributed by atoms with E-state index in [-0.39, 0.29) is 59.5 Å². The van der Waals surface area contributed by atoms with Crippen LogP contribution in [0.4, 0.5) is 5.69 Å². The van der Waals surface area contributed by atoms with E-state index in [1.807, 2.05) is 24.3 Å². The molecule has 3 aliphatic carbocycles. The van der Waals surface area contributed by atoms with Crippen molar-refractivity contribution < 1.29 is 23.9 Å². The van der Waals surface area contributed by atoms with E-state index in [1.54, 1.807) is 6.08 Å². The van der Waals surface area contributed by atoms with Crippen molar-refractivity contribution in [3.63, 3.8) is 0 Å². The molecule has 3 saturated carbocycles. The highest BCUT2D eigenvalue weighted by atomic mass is 35.5. The second-order valence-corrected chi connectivity index (χ2v) is 13.3. The lowest BCUT2D eigenvalue weighted by Gasteiger charge is -2.55.